The summed E-state index contributed by atoms with van der Waals surface area (Å²) >= 11 is 1.66. The topological polar surface area (TPSA) is 64.4 Å². The molecule has 0 bridgehead atoms. The monoisotopic (exact) mass is 282 g/mol. The van der Waals surface area contributed by atoms with Crippen LogP contribution in [0.3, 0.4) is 0 Å². The number of amides is 1. The van der Waals surface area contributed by atoms with Crippen molar-refractivity contribution in [3.8, 4) is 5.75 Å². The molecule has 5 heteroatoms. The molecule has 3 N–H and O–H groups in total. The molecule has 1 amide bonds. The zero-order valence-electron chi connectivity index (χ0n) is 11.6. The number of nitrogens with two attached hydrogens (primary N) is 1. The first-order valence-electron chi connectivity index (χ1n) is 6.48. The number of anilines is 2. The molecule has 0 unspecified atom stereocenters. The van der Waals surface area contributed by atoms with Crippen LogP contribution in [0.4, 0.5) is 11.4 Å². The smallest absolute Gasteiger partial charge is 0.234 e. The van der Waals surface area contributed by atoms with Crippen LogP contribution in [0.5, 0.6) is 5.75 Å². The zero-order chi connectivity index (χ0) is 14.1. The number of nitrogens with one attached hydrogen (secondary N) is 1. The molecule has 0 aliphatic rings. The average molecular weight is 282 g/mol. The first-order valence-corrected chi connectivity index (χ1v) is 7.64. The number of rotatable bonds is 8. The van der Waals surface area contributed by atoms with E-state index in [1.165, 1.54) is 19.3 Å². The van der Waals surface area contributed by atoms with Gasteiger partial charge in [0.15, 0.2) is 0 Å². The van der Waals surface area contributed by atoms with Gasteiger partial charge < -0.3 is 15.8 Å². The fourth-order valence-electron chi connectivity index (χ4n) is 1.62. The van der Waals surface area contributed by atoms with Crippen molar-refractivity contribution in [1.82, 2.24) is 0 Å². The van der Waals surface area contributed by atoms with Gasteiger partial charge in [0.25, 0.3) is 0 Å². The summed E-state index contributed by atoms with van der Waals surface area (Å²) in [4.78, 5) is 11.8. The van der Waals surface area contributed by atoms with E-state index < -0.39 is 0 Å². The summed E-state index contributed by atoms with van der Waals surface area (Å²) < 4.78 is 5.18. The first-order chi connectivity index (χ1) is 9.17. The molecule has 0 aliphatic heterocycles. The fraction of sp³-hybridized carbons (Fsp3) is 0.500. The van der Waals surface area contributed by atoms with E-state index in [1.54, 1.807) is 37.1 Å². The molecule has 19 heavy (non-hydrogen) atoms. The molecule has 0 saturated carbocycles. The third-order valence-corrected chi connectivity index (χ3v) is 3.67. The summed E-state index contributed by atoms with van der Waals surface area (Å²) in [5.41, 5.74) is 6.94. The van der Waals surface area contributed by atoms with Gasteiger partial charge in [-0.15, -0.1) is 0 Å². The Morgan fingerprint density at radius 2 is 2.21 bits per heavy atom. The third-order valence-electron chi connectivity index (χ3n) is 2.63. The molecule has 4 nitrogen and oxygen atoms in total. The van der Waals surface area contributed by atoms with Crippen molar-refractivity contribution in [3.63, 3.8) is 0 Å². The minimum absolute atomic E-state index is 0.00966. The summed E-state index contributed by atoms with van der Waals surface area (Å²) in [5.74, 6) is 2.08. The van der Waals surface area contributed by atoms with E-state index in [0.717, 1.165) is 5.75 Å². The highest BCUT2D eigenvalue weighted by molar-refractivity contribution is 7.99. The van der Waals surface area contributed by atoms with E-state index in [2.05, 4.69) is 12.2 Å². The SMILES string of the molecule is CCCCCSCC(=O)Nc1ccc(N)cc1OC. The molecular weight excluding hydrogens is 260 g/mol. The predicted molar refractivity (Wildman–Crippen MR) is 82.9 cm³/mol. The van der Waals surface area contributed by atoms with Crippen molar-refractivity contribution >= 4 is 29.0 Å². The Labute approximate surface area is 119 Å². The van der Waals surface area contributed by atoms with Crippen LogP contribution in [0.15, 0.2) is 18.2 Å². The minimum Gasteiger partial charge on any atom is -0.494 e. The molecule has 1 rings (SSSR count). The molecule has 0 radical (unpaired) electrons. The third kappa shape index (κ3) is 5.87. The number of benzene rings is 1. The first kappa shape index (κ1) is 15.7. The number of nitrogen functional groups attached to an aromatic ring is 1. The summed E-state index contributed by atoms with van der Waals surface area (Å²) in [6, 6.07) is 5.20. The molecule has 0 heterocycles. The van der Waals surface area contributed by atoms with E-state index in [1.807, 2.05) is 0 Å². The average Bonchev–Trinajstić information content (AvgIpc) is 2.40. The molecule has 0 spiro atoms. The van der Waals surface area contributed by atoms with E-state index in [0.29, 0.717) is 22.9 Å². The van der Waals surface area contributed by atoms with Crippen LogP contribution in [0, 0.1) is 0 Å². The molecule has 1 aromatic carbocycles. The Hall–Kier alpha value is -1.36. The Morgan fingerprint density at radius 3 is 2.89 bits per heavy atom. The Bertz CT molecular complexity index is 410. The van der Waals surface area contributed by atoms with Crippen molar-refractivity contribution in [2.45, 2.75) is 26.2 Å². The molecule has 0 fully saturated rings. The highest BCUT2D eigenvalue weighted by Crippen LogP contribution is 2.26. The number of methoxy groups -OCH3 is 1. The molecule has 0 saturated heterocycles. The van der Waals surface area contributed by atoms with Crippen LogP contribution in [-0.2, 0) is 4.79 Å². The Morgan fingerprint density at radius 1 is 1.42 bits per heavy atom. The molecule has 0 atom stereocenters. The molecule has 106 valence electrons. The zero-order valence-corrected chi connectivity index (χ0v) is 12.4. The van der Waals surface area contributed by atoms with Gasteiger partial charge in [0.05, 0.1) is 18.6 Å². The molecule has 0 aromatic heterocycles. The van der Waals surface area contributed by atoms with Crippen molar-refractivity contribution in [1.29, 1.82) is 0 Å². The van der Waals surface area contributed by atoms with Crippen molar-refractivity contribution in [2.24, 2.45) is 0 Å². The quantitative estimate of drug-likeness (QED) is 0.568. The number of hydrogen-bond donors (Lipinski definition) is 2. The number of hydrogen-bond acceptors (Lipinski definition) is 4. The van der Waals surface area contributed by atoms with Crippen LogP contribution in [0.1, 0.15) is 26.2 Å². The fourth-order valence-corrected chi connectivity index (χ4v) is 2.43. The Kier molecular flexibility index (Phi) is 7.18. The van der Waals surface area contributed by atoms with E-state index in [-0.39, 0.29) is 5.91 Å². The van der Waals surface area contributed by atoms with E-state index in [9.17, 15) is 4.79 Å². The second-order valence-electron chi connectivity index (χ2n) is 4.27. The second-order valence-corrected chi connectivity index (χ2v) is 5.37. The number of thioether (sulfide) groups is 1. The van der Waals surface area contributed by atoms with Gasteiger partial charge in [0, 0.05) is 11.8 Å². The largest absolute Gasteiger partial charge is 0.494 e. The maximum absolute atomic E-state index is 11.8. The van der Waals surface area contributed by atoms with Gasteiger partial charge in [0.1, 0.15) is 5.75 Å². The lowest BCUT2D eigenvalue weighted by Crippen LogP contribution is -2.15. The van der Waals surface area contributed by atoms with Crippen LogP contribution < -0.4 is 15.8 Å². The van der Waals surface area contributed by atoms with Gasteiger partial charge >= 0.3 is 0 Å². The Balaban J connectivity index is 2.39. The van der Waals surface area contributed by atoms with Gasteiger partial charge in [-0.3, -0.25) is 4.79 Å². The normalized spacial score (nSPS) is 10.2. The van der Waals surface area contributed by atoms with Crippen LogP contribution in [0.25, 0.3) is 0 Å². The second kappa shape index (κ2) is 8.69. The number of carbonyl (C=O) groups excluding carboxylic acids is 1. The van der Waals surface area contributed by atoms with Crippen molar-refractivity contribution < 1.29 is 9.53 Å². The molecular formula is C14H22N2O2S. The molecule has 0 aliphatic carbocycles. The molecule has 1 aromatic rings. The predicted octanol–water partition coefficient (Wildman–Crippen LogP) is 3.14. The summed E-state index contributed by atoms with van der Waals surface area (Å²) in [6.45, 7) is 2.17. The highest BCUT2D eigenvalue weighted by atomic mass is 32.2. The van der Waals surface area contributed by atoms with Gasteiger partial charge in [-0.25, -0.2) is 0 Å². The van der Waals surface area contributed by atoms with Gasteiger partial charge in [-0.2, -0.15) is 11.8 Å². The van der Waals surface area contributed by atoms with Crippen LogP contribution >= 0.6 is 11.8 Å². The minimum atomic E-state index is -0.00966. The summed E-state index contributed by atoms with van der Waals surface area (Å²) in [5, 5.41) is 2.84. The van der Waals surface area contributed by atoms with E-state index in [4.69, 9.17) is 10.5 Å². The standard InChI is InChI=1S/C14H22N2O2S/c1-3-4-5-8-19-10-14(17)16-12-7-6-11(15)9-13(12)18-2/h6-7,9H,3-5,8,10,15H2,1-2H3,(H,16,17). The van der Waals surface area contributed by atoms with Gasteiger partial charge in [0.2, 0.25) is 5.91 Å². The van der Waals surface area contributed by atoms with Crippen molar-refractivity contribution in [2.75, 3.05) is 29.7 Å². The number of unbranched alkanes of at least 4 members (excludes halogenated alkanes) is 2. The lowest BCUT2D eigenvalue weighted by atomic mass is 10.2. The van der Waals surface area contributed by atoms with Crippen LogP contribution in [0.2, 0.25) is 0 Å². The van der Waals surface area contributed by atoms with Gasteiger partial charge in [-0.1, -0.05) is 19.8 Å². The number of carbonyl (C=O) groups is 1. The maximum Gasteiger partial charge on any atom is 0.234 e. The lowest BCUT2D eigenvalue weighted by Gasteiger charge is -2.10. The maximum atomic E-state index is 11.8. The summed E-state index contributed by atoms with van der Waals surface area (Å²) in [7, 11) is 1.56. The lowest BCUT2D eigenvalue weighted by molar-refractivity contribution is -0.113. The van der Waals surface area contributed by atoms with Crippen molar-refractivity contribution in [3.05, 3.63) is 18.2 Å². The number of ether oxygens (including phenoxy) is 1. The van der Waals surface area contributed by atoms with Crippen LogP contribution in [-0.4, -0.2) is 24.5 Å². The van der Waals surface area contributed by atoms with Gasteiger partial charge in [-0.05, 0) is 24.3 Å². The van der Waals surface area contributed by atoms with E-state index >= 15 is 0 Å². The highest BCUT2D eigenvalue weighted by Gasteiger charge is 2.07. The summed E-state index contributed by atoms with van der Waals surface area (Å²) in [6.07, 6.45) is 3.59.